The van der Waals surface area contributed by atoms with Crippen molar-refractivity contribution in [1.82, 2.24) is 15.5 Å². The van der Waals surface area contributed by atoms with Crippen LogP contribution >= 0.6 is 0 Å². The summed E-state index contributed by atoms with van der Waals surface area (Å²) in [6, 6.07) is 14.8. The van der Waals surface area contributed by atoms with E-state index in [-0.39, 0.29) is 24.1 Å². The molecule has 0 radical (unpaired) electrons. The monoisotopic (exact) mass is 503 g/mol. The number of phenolic OH excluding ortho intramolecular Hbond substituents is 1. The first-order chi connectivity index (χ1) is 17.6. The van der Waals surface area contributed by atoms with Gasteiger partial charge in [0, 0.05) is 42.1 Å². The van der Waals surface area contributed by atoms with E-state index >= 15 is 0 Å². The summed E-state index contributed by atoms with van der Waals surface area (Å²) in [7, 11) is 2.00. The summed E-state index contributed by atoms with van der Waals surface area (Å²) in [4.78, 5) is 26.7. The Morgan fingerprint density at radius 1 is 1.19 bits per heavy atom. The van der Waals surface area contributed by atoms with Gasteiger partial charge in [0.05, 0.1) is 5.60 Å². The van der Waals surface area contributed by atoms with Gasteiger partial charge in [0.15, 0.2) is 0 Å². The third-order valence-corrected chi connectivity index (χ3v) is 8.41. The van der Waals surface area contributed by atoms with E-state index in [1.165, 1.54) is 0 Å². The highest BCUT2D eigenvalue weighted by Gasteiger charge is 2.60. The zero-order chi connectivity index (χ0) is 26.8. The first-order valence-electron chi connectivity index (χ1n) is 12.8. The van der Waals surface area contributed by atoms with Crippen LogP contribution in [0.5, 0.6) is 5.75 Å². The van der Waals surface area contributed by atoms with Crippen LogP contribution in [0.25, 0.3) is 0 Å². The number of aliphatic hydroxyl groups is 1. The molecule has 7 nitrogen and oxygen atoms in total. The van der Waals surface area contributed by atoms with Gasteiger partial charge in [-0.3, -0.25) is 9.59 Å². The van der Waals surface area contributed by atoms with Gasteiger partial charge in [-0.1, -0.05) is 36.4 Å². The molecule has 37 heavy (non-hydrogen) atoms. The molecule has 2 aromatic carbocycles. The molecule has 4 rings (SSSR count). The highest BCUT2D eigenvalue weighted by molar-refractivity contribution is 5.93. The van der Waals surface area contributed by atoms with Crippen LogP contribution in [0.15, 0.2) is 71.5 Å². The second kappa shape index (κ2) is 10.5. The maximum atomic E-state index is 12.9. The topological polar surface area (TPSA) is 102 Å². The Morgan fingerprint density at radius 2 is 1.92 bits per heavy atom. The molecular formula is C30H37N3O4. The predicted octanol–water partition coefficient (Wildman–Crippen LogP) is 3.45. The van der Waals surface area contributed by atoms with Crippen LogP contribution in [0.4, 0.5) is 0 Å². The van der Waals surface area contributed by atoms with Crippen molar-refractivity contribution >= 4 is 12.3 Å². The van der Waals surface area contributed by atoms with Gasteiger partial charge in [0.25, 0.3) is 0 Å². The van der Waals surface area contributed by atoms with Gasteiger partial charge >= 0.3 is 0 Å². The maximum absolute atomic E-state index is 12.9. The molecule has 0 aromatic heterocycles. The molecule has 0 bridgehead atoms. The Balaban J connectivity index is 1.75. The normalized spacial score (nSPS) is 26.4. The Kier molecular flexibility index (Phi) is 7.57. The number of likely N-dealkylation sites (N-methyl/N-ethyl adjacent to an activating group) is 1. The highest BCUT2D eigenvalue weighted by Crippen LogP contribution is 2.56. The first-order valence-corrected chi connectivity index (χ1v) is 12.8. The summed E-state index contributed by atoms with van der Waals surface area (Å²) in [6.07, 6.45) is 3.74. The number of likely N-dealkylation sites (tertiary alicyclic amines) is 1. The number of fused-ring (bicyclic) bond motifs is 1. The first kappa shape index (κ1) is 26.6. The lowest BCUT2D eigenvalue weighted by Gasteiger charge is -2.60. The van der Waals surface area contributed by atoms with E-state index in [0.29, 0.717) is 37.1 Å². The SMILES string of the molecule is C/C(=C\C1=C(NC=O)CC2(c3cc(O)ccc3C)CCN(C)C(C)C2(O)C1)C(=O)NCc1ccccc1. The summed E-state index contributed by atoms with van der Waals surface area (Å²) >= 11 is 0. The zero-order valence-corrected chi connectivity index (χ0v) is 22.0. The van der Waals surface area contributed by atoms with Crippen LogP contribution in [0.3, 0.4) is 0 Å². The molecular weight excluding hydrogens is 466 g/mol. The fraction of sp³-hybridized carbons (Fsp3) is 0.400. The molecule has 3 unspecified atom stereocenters. The quantitative estimate of drug-likeness (QED) is 0.343. The Hall–Kier alpha value is -3.42. The lowest BCUT2D eigenvalue weighted by atomic mass is 9.53. The zero-order valence-electron chi connectivity index (χ0n) is 22.0. The van der Waals surface area contributed by atoms with Gasteiger partial charge in [-0.15, -0.1) is 0 Å². The minimum absolute atomic E-state index is 0.148. The van der Waals surface area contributed by atoms with Crippen molar-refractivity contribution in [2.24, 2.45) is 0 Å². The molecule has 1 aliphatic carbocycles. The van der Waals surface area contributed by atoms with Gasteiger partial charge in [-0.25, -0.2) is 0 Å². The summed E-state index contributed by atoms with van der Waals surface area (Å²) in [5.74, 6) is -0.0577. The van der Waals surface area contributed by atoms with Gasteiger partial charge in [0.2, 0.25) is 12.3 Å². The number of aromatic hydroxyl groups is 1. The largest absolute Gasteiger partial charge is 0.508 e. The lowest BCUT2D eigenvalue weighted by molar-refractivity contribution is -0.132. The standard InChI is InChI=1S/C30H37N3O4/c1-20-10-11-25(35)15-26(20)29-12-13-33(4)22(3)30(29,37)16-24(27(17-29)32-19-34)14-21(2)28(36)31-18-23-8-6-5-7-9-23/h5-11,14-15,19,22,35,37H,12-13,16-18H2,1-4H3,(H,31,36)(H,32,34)/b21-14+. The summed E-state index contributed by atoms with van der Waals surface area (Å²) < 4.78 is 0. The molecule has 1 saturated heterocycles. The average molecular weight is 504 g/mol. The number of amides is 2. The molecule has 4 N–H and O–H groups in total. The van der Waals surface area contributed by atoms with Crippen molar-refractivity contribution in [1.29, 1.82) is 0 Å². The number of nitrogens with zero attached hydrogens (tertiary/aromatic N) is 1. The number of hydrogen-bond donors (Lipinski definition) is 4. The number of piperidine rings is 1. The van der Waals surface area contributed by atoms with E-state index in [4.69, 9.17) is 0 Å². The Morgan fingerprint density at radius 3 is 2.62 bits per heavy atom. The van der Waals surface area contributed by atoms with Crippen molar-refractivity contribution < 1.29 is 19.8 Å². The molecule has 0 saturated carbocycles. The van der Waals surface area contributed by atoms with E-state index in [2.05, 4.69) is 15.5 Å². The fourth-order valence-corrected chi connectivity index (χ4v) is 6.10. The van der Waals surface area contributed by atoms with Crippen molar-refractivity contribution in [2.75, 3.05) is 13.6 Å². The predicted molar refractivity (Wildman–Crippen MR) is 144 cm³/mol. The van der Waals surface area contributed by atoms with Crippen LogP contribution in [0, 0.1) is 6.92 Å². The number of allylic oxidation sites excluding steroid dienone is 2. The molecule has 196 valence electrons. The van der Waals surface area contributed by atoms with Crippen molar-refractivity contribution in [2.45, 2.75) is 63.6 Å². The maximum Gasteiger partial charge on any atom is 0.247 e. The minimum Gasteiger partial charge on any atom is -0.508 e. The summed E-state index contributed by atoms with van der Waals surface area (Å²) in [6.45, 7) is 6.92. The minimum atomic E-state index is -1.20. The fourth-order valence-electron chi connectivity index (χ4n) is 6.10. The summed E-state index contributed by atoms with van der Waals surface area (Å²) in [5, 5.41) is 28.7. The van der Waals surface area contributed by atoms with Gasteiger partial charge < -0.3 is 25.7 Å². The molecule has 1 aliphatic heterocycles. The number of nitrogens with one attached hydrogen (secondary N) is 2. The van der Waals surface area contributed by atoms with E-state index in [9.17, 15) is 19.8 Å². The molecule has 2 aliphatic rings. The Labute approximate surface area is 218 Å². The molecule has 2 aromatic rings. The van der Waals surface area contributed by atoms with Crippen LogP contribution in [0.1, 0.15) is 49.8 Å². The van der Waals surface area contributed by atoms with E-state index in [0.717, 1.165) is 28.8 Å². The molecule has 2 amide bonds. The van der Waals surface area contributed by atoms with Crippen LogP contribution in [-0.2, 0) is 21.5 Å². The number of rotatable bonds is 7. The van der Waals surface area contributed by atoms with E-state index < -0.39 is 11.0 Å². The summed E-state index contributed by atoms with van der Waals surface area (Å²) in [5.41, 5.74) is 2.88. The van der Waals surface area contributed by atoms with E-state index in [1.807, 2.05) is 57.3 Å². The third-order valence-electron chi connectivity index (χ3n) is 8.41. The van der Waals surface area contributed by atoms with Gasteiger partial charge in [-0.05, 0) is 81.3 Å². The number of hydrogen-bond acceptors (Lipinski definition) is 5. The lowest BCUT2D eigenvalue weighted by Crippen LogP contribution is -2.68. The number of carbonyl (C=O) groups excluding carboxylic acids is 2. The van der Waals surface area contributed by atoms with Crippen LogP contribution in [-0.4, -0.2) is 52.7 Å². The average Bonchev–Trinajstić information content (AvgIpc) is 2.88. The second-order valence-electron chi connectivity index (χ2n) is 10.5. The van der Waals surface area contributed by atoms with Crippen molar-refractivity contribution in [3.05, 3.63) is 88.1 Å². The number of benzene rings is 2. The van der Waals surface area contributed by atoms with Crippen LogP contribution < -0.4 is 10.6 Å². The molecule has 1 heterocycles. The van der Waals surface area contributed by atoms with Gasteiger partial charge in [-0.2, -0.15) is 0 Å². The number of carbonyl (C=O) groups is 2. The molecule has 1 fully saturated rings. The van der Waals surface area contributed by atoms with Gasteiger partial charge in [0.1, 0.15) is 5.75 Å². The highest BCUT2D eigenvalue weighted by atomic mass is 16.3. The molecule has 3 atom stereocenters. The second-order valence-corrected chi connectivity index (χ2v) is 10.5. The number of aryl methyl sites for hydroxylation is 1. The Bertz CT molecular complexity index is 1240. The molecule has 7 heteroatoms. The smallest absolute Gasteiger partial charge is 0.247 e. The number of phenols is 1. The molecule has 0 spiro atoms. The van der Waals surface area contributed by atoms with E-state index in [1.54, 1.807) is 25.1 Å². The van der Waals surface area contributed by atoms with Crippen molar-refractivity contribution in [3.8, 4) is 5.75 Å². The third kappa shape index (κ3) is 4.93. The van der Waals surface area contributed by atoms with Crippen molar-refractivity contribution in [3.63, 3.8) is 0 Å². The van der Waals surface area contributed by atoms with Crippen LogP contribution in [0.2, 0.25) is 0 Å².